The van der Waals surface area contributed by atoms with E-state index in [1.165, 1.54) is 12.1 Å². The second kappa shape index (κ2) is 3.53. The lowest BCUT2D eigenvalue weighted by molar-refractivity contribution is 0.555. The average molecular weight is 243 g/mol. The number of aryl methyl sites for hydroxylation is 1. The van der Waals surface area contributed by atoms with Crippen LogP contribution in [0.15, 0.2) is 23.1 Å². The Morgan fingerprint density at radius 3 is 2.44 bits per heavy atom. The molecule has 1 aliphatic carbocycles. The van der Waals surface area contributed by atoms with Crippen LogP contribution >= 0.6 is 0 Å². The minimum atomic E-state index is -3.59. The summed E-state index contributed by atoms with van der Waals surface area (Å²) in [5.41, 5.74) is 0.264. The van der Waals surface area contributed by atoms with E-state index in [-0.39, 0.29) is 10.4 Å². The zero-order chi connectivity index (χ0) is 12.0. The van der Waals surface area contributed by atoms with Gasteiger partial charge in [-0.05, 0) is 50.5 Å². The van der Waals surface area contributed by atoms with Gasteiger partial charge in [0.1, 0.15) is 5.82 Å². The Morgan fingerprint density at radius 2 is 1.94 bits per heavy atom. The number of hydrogen-bond donors (Lipinski definition) is 1. The lowest BCUT2D eigenvalue weighted by atomic mass is 10.2. The molecule has 1 fully saturated rings. The van der Waals surface area contributed by atoms with E-state index in [2.05, 4.69) is 4.72 Å². The summed E-state index contributed by atoms with van der Waals surface area (Å²) >= 11 is 0. The first-order valence-corrected chi connectivity index (χ1v) is 6.60. The molecule has 16 heavy (non-hydrogen) atoms. The van der Waals surface area contributed by atoms with Gasteiger partial charge in [-0.15, -0.1) is 0 Å². The molecule has 0 aromatic heterocycles. The number of rotatable bonds is 3. The Hall–Kier alpha value is -0.940. The van der Waals surface area contributed by atoms with E-state index in [0.29, 0.717) is 5.56 Å². The highest BCUT2D eigenvalue weighted by Crippen LogP contribution is 2.36. The molecule has 0 aliphatic heterocycles. The molecule has 0 heterocycles. The summed E-state index contributed by atoms with van der Waals surface area (Å²) in [5, 5.41) is 0. The predicted molar refractivity (Wildman–Crippen MR) is 59.1 cm³/mol. The van der Waals surface area contributed by atoms with Gasteiger partial charge in [0.05, 0.1) is 4.90 Å². The quantitative estimate of drug-likeness (QED) is 0.882. The Balaban J connectivity index is 2.35. The maximum atomic E-state index is 13.1. The number of halogens is 1. The highest BCUT2D eigenvalue weighted by molar-refractivity contribution is 7.89. The molecule has 0 bridgehead atoms. The molecule has 1 aromatic rings. The molecule has 1 aliphatic rings. The van der Waals surface area contributed by atoms with E-state index in [1.807, 2.05) is 6.92 Å². The minimum absolute atomic E-state index is 0.00174. The van der Waals surface area contributed by atoms with Crippen molar-refractivity contribution in [2.45, 2.75) is 37.1 Å². The van der Waals surface area contributed by atoms with Crippen LogP contribution < -0.4 is 4.72 Å². The number of hydrogen-bond acceptors (Lipinski definition) is 2. The van der Waals surface area contributed by atoms with Crippen molar-refractivity contribution in [1.29, 1.82) is 0 Å². The lowest BCUT2D eigenvalue weighted by Crippen LogP contribution is -2.34. The molecule has 2 rings (SSSR count). The van der Waals surface area contributed by atoms with E-state index < -0.39 is 15.8 Å². The van der Waals surface area contributed by atoms with Crippen molar-refractivity contribution >= 4 is 10.0 Å². The first kappa shape index (κ1) is 11.5. The monoisotopic (exact) mass is 243 g/mol. The summed E-state index contributed by atoms with van der Waals surface area (Å²) < 4.78 is 39.5. The second-order valence-electron chi connectivity index (χ2n) is 4.63. The van der Waals surface area contributed by atoms with Crippen molar-refractivity contribution in [2.75, 3.05) is 0 Å². The third-order valence-corrected chi connectivity index (χ3v) is 4.32. The van der Waals surface area contributed by atoms with Gasteiger partial charge >= 0.3 is 0 Å². The van der Waals surface area contributed by atoms with Gasteiger partial charge in [0.2, 0.25) is 10.0 Å². The molecule has 1 N–H and O–H groups in total. The third-order valence-electron chi connectivity index (χ3n) is 2.71. The van der Waals surface area contributed by atoms with Crippen LogP contribution in [0.3, 0.4) is 0 Å². The molecule has 0 spiro atoms. The molecule has 0 amide bonds. The molecule has 5 heteroatoms. The van der Waals surface area contributed by atoms with Crippen LogP contribution in [0.1, 0.15) is 25.3 Å². The molecule has 0 saturated heterocycles. The average Bonchev–Trinajstić information content (AvgIpc) is 2.80. The van der Waals surface area contributed by atoms with E-state index in [4.69, 9.17) is 0 Å². The van der Waals surface area contributed by atoms with Gasteiger partial charge in [0.15, 0.2) is 0 Å². The van der Waals surface area contributed by atoms with Crippen LogP contribution in [0.25, 0.3) is 0 Å². The van der Waals surface area contributed by atoms with Crippen molar-refractivity contribution in [2.24, 2.45) is 0 Å². The molecule has 0 radical (unpaired) electrons. The normalized spacial score (nSPS) is 18.4. The second-order valence-corrected chi connectivity index (χ2v) is 6.31. The highest BCUT2D eigenvalue weighted by atomic mass is 32.2. The topological polar surface area (TPSA) is 46.2 Å². The van der Waals surface area contributed by atoms with E-state index in [9.17, 15) is 12.8 Å². The molecular formula is C11H14FNO2S. The van der Waals surface area contributed by atoms with Gasteiger partial charge in [-0.2, -0.15) is 0 Å². The van der Waals surface area contributed by atoms with Gasteiger partial charge in [-0.1, -0.05) is 0 Å². The highest BCUT2D eigenvalue weighted by Gasteiger charge is 2.41. The smallest absolute Gasteiger partial charge is 0.207 e. The standard InChI is InChI=1S/C11H14FNO2S/c1-8-5-9(12)7-10(6-8)16(14,15)13-11(2)3-4-11/h5-7,13H,3-4H2,1-2H3. The summed E-state index contributed by atoms with van der Waals surface area (Å²) in [6.07, 6.45) is 1.67. The summed E-state index contributed by atoms with van der Waals surface area (Å²) in [4.78, 5) is -0.00174. The molecule has 88 valence electrons. The van der Waals surface area contributed by atoms with Crippen molar-refractivity contribution in [3.63, 3.8) is 0 Å². The first-order chi connectivity index (χ1) is 7.31. The van der Waals surface area contributed by atoms with Gasteiger partial charge < -0.3 is 0 Å². The number of sulfonamides is 1. The third kappa shape index (κ3) is 2.41. The van der Waals surface area contributed by atoms with Crippen LogP contribution in [0.4, 0.5) is 4.39 Å². The van der Waals surface area contributed by atoms with E-state index >= 15 is 0 Å². The molecule has 3 nitrogen and oxygen atoms in total. The summed E-state index contributed by atoms with van der Waals surface area (Å²) in [5.74, 6) is -0.527. The summed E-state index contributed by atoms with van der Waals surface area (Å²) in [6.45, 7) is 3.51. The maximum Gasteiger partial charge on any atom is 0.241 e. The Bertz CT molecular complexity index is 501. The van der Waals surface area contributed by atoms with Crippen LogP contribution in [0, 0.1) is 12.7 Å². The van der Waals surface area contributed by atoms with Crippen molar-refractivity contribution < 1.29 is 12.8 Å². The summed E-state index contributed by atoms with van der Waals surface area (Å²) in [6, 6.07) is 3.82. The fourth-order valence-corrected chi connectivity index (χ4v) is 3.11. The Labute approximate surface area is 94.7 Å². The van der Waals surface area contributed by atoms with Crippen molar-refractivity contribution in [3.05, 3.63) is 29.6 Å². The van der Waals surface area contributed by atoms with Gasteiger partial charge in [-0.3, -0.25) is 0 Å². The van der Waals surface area contributed by atoms with Crippen LogP contribution in [0.2, 0.25) is 0 Å². The lowest BCUT2D eigenvalue weighted by Gasteiger charge is -2.12. The Morgan fingerprint density at radius 1 is 1.31 bits per heavy atom. The van der Waals surface area contributed by atoms with Gasteiger partial charge in [-0.25, -0.2) is 17.5 Å². The zero-order valence-corrected chi connectivity index (χ0v) is 10.1. The fraction of sp³-hybridized carbons (Fsp3) is 0.455. The van der Waals surface area contributed by atoms with Crippen LogP contribution in [0.5, 0.6) is 0 Å². The number of benzene rings is 1. The number of nitrogens with one attached hydrogen (secondary N) is 1. The van der Waals surface area contributed by atoms with Gasteiger partial charge in [0.25, 0.3) is 0 Å². The van der Waals surface area contributed by atoms with Gasteiger partial charge in [0, 0.05) is 5.54 Å². The fourth-order valence-electron chi connectivity index (χ4n) is 1.53. The van der Waals surface area contributed by atoms with Crippen LogP contribution in [-0.2, 0) is 10.0 Å². The van der Waals surface area contributed by atoms with E-state index in [1.54, 1.807) is 6.92 Å². The SMILES string of the molecule is Cc1cc(F)cc(S(=O)(=O)NC2(C)CC2)c1. The molecular weight excluding hydrogens is 229 g/mol. The largest absolute Gasteiger partial charge is 0.241 e. The van der Waals surface area contributed by atoms with E-state index in [0.717, 1.165) is 18.9 Å². The van der Waals surface area contributed by atoms with Crippen LogP contribution in [-0.4, -0.2) is 14.0 Å². The maximum absolute atomic E-state index is 13.1. The van der Waals surface area contributed by atoms with Crippen molar-refractivity contribution in [1.82, 2.24) is 4.72 Å². The first-order valence-electron chi connectivity index (χ1n) is 5.12. The molecule has 0 atom stereocenters. The predicted octanol–water partition coefficient (Wildman–Crippen LogP) is 1.96. The molecule has 0 unspecified atom stereocenters. The zero-order valence-electron chi connectivity index (χ0n) is 9.25. The molecule has 1 aromatic carbocycles. The molecule has 1 saturated carbocycles. The summed E-state index contributed by atoms with van der Waals surface area (Å²) in [7, 11) is -3.59. The Kier molecular flexibility index (Phi) is 2.55. The van der Waals surface area contributed by atoms with Crippen molar-refractivity contribution in [3.8, 4) is 0 Å². The minimum Gasteiger partial charge on any atom is -0.207 e.